The number of thiophene rings is 2. The van der Waals surface area contributed by atoms with E-state index < -0.39 is 26.6 Å². The van der Waals surface area contributed by atoms with Crippen LogP contribution in [-0.4, -0.2) is 14.2 Å². The third-order valence-corrected chi connectivity index (χ3v) is 6.47. The normalized spacial score (nSPS) is 11.6. The van der Waals surface area contributed by atoms with Crippen LogP contribution in [0.3, 0.4) is 0 Å². The lowest BCUT2D eigenvalue weighted by Gasteiger charge is -2.06. The highest BCUT2D eigenvalue weighted by Crippen LogP contribution is 2.22. The van der Waals surface area contributed by atoms with Crippen molar-refractivity contribution >= 4 is 38.5 Å². The number of halogens is 2. The minimum absolute atomic E-state index is 0.125. The minimum Gasteiger partial charge on any atom is -0.288 e. The van der Waals surface area contributed by atoms with Crippen LogP contribution in [0.5, 0.6) is 0 Å². The fourth-order valence-corrected chi connectivity index (χ4v) is 4.79. The SMILES string of the molecule is O=C(c1ccsc1)c1ccc(CNS(=O)(=O)c2cc(F)ccc2F)s1. The predicted octanol–water partition coefficient (Wildman–Crippen LogP) is 3.80. The standard InChI is InChI=1S/C16H11F2NO3S3/c17-11-1-3-13(18)15(7-11)25(21,22)19-8-12-2-4-14(24-12)16(20)10-5-6-23-9-10/h1-7,9,19H,8H2. The molecule has 1 aromatic carbocycles. The molecule has 0 bridgehead atoms. The summed E-state index contributed by atoms with van der Waals surface area (Å²) in [4.78, 5) is 12.5. The third kappa shape index (κ3) is 4.01. The molecule has 3 rings (SSSR count). The smallest absolute Gasteiger partial charge is 0.243 e. The van der Waals surface area contributed by atoms with Gasteiger partial charge in [-0.2, -0.15) is 11.3 Å². The van der Waals surface area contributed by atoms with Gasteiger partial charge < -0.3 is 0 Å². The maximum atomic E-state index is 13.6. The molecule has 1 N–H and O–H groups in total. The van der Waals surface area contributed by atoms with Gasteiger partial charge in [-0.05, 0) is 41.8 Å². The van der Waals surface area contributed by atoms with Gasteiger partial charge in [0.25, 0.3) is 0 Å². The van der Waals surface area contributed by atoms with Gasteiger partial charge in [0.1, 0.15) is 16.5 Å². The highest BCUT2D eigenvalue weighted by Gasteiger charge is 2.20. The Morgan fingerprint density at radius 3 is 2.64 bits per heavy atom. The number of hydrogen-bond donors (Lipinski definition) is 1. The van der Waals surface area contributed by atoms with Crippen LogP contribution in [0.1, 0.15) is 20.1 Å². The summed E-state index contributed by atoms with van der Waals surface area (Å²) >= 11 is 2.55. The molecule has 25 heavy (non-hydrogen) atoms. The zero-order chi connectivity index (χ0) is 18.0. The van der Waals surface area contributed by atoms with Gasteiger partial charge in [0, 0.05) is 22.4 Å². The van der Waals surface area contributed by atoms with Crippen molar-refractivity contribution in [2.24, 2.45) is 0 Å². The van der Waals surface area contributed by atoms with E-state index in [9.17, 15) is 22.0 Å². The van der Waals surface area contributed by atoms with Crippen molar-refractivity contribution in [2.75, 3.05) is 0 Å². The maximum absolute atomic E-state index is 13.6. The second-order valence-corrected chi connectivity index (χ2v) is 8.69. The van der Waals surface area contributed by atoms with Crippen LogP contribution < -0.4 is 4.72 Å². The molecule has 9 heteroatoms. The quantitative estimate of drug-likeness (QED) is 0.642. The first-order chi connectivity index (χ1) is 11.9. The lowest BCUT2D eigenvalue weighted by Crippen LogP contribution is -2.24. The van der Waals surface area contributed by atoms with Crippen LogP contribution in [0.15, 0.2) is 52.1 Å². The molecule has 3 aromatic rings. The van der Waals surface area contributed by atoms with E-state index in [-0.39, 0.29) is 12.3 Å². The van der Waals surface area contributed by atoms with Crippen molar-refractivity contribution in [1.29, 1.82) is 0 Å². The van der Waals surface area contributed by atoms with Gasteiger partial charge in [-0.25, -0.2) is 21.9 Å². The topological polar surface area (TPSA) is 63.2 Å². The van der Waals surface area contributed by atoms with E-state index in [1.54, 1.807) is 29.0 Å². The molecule has 2 aromatic heterocycles. The summed E-state index contributed by atoms with van der Waals surface area (Å²) in [5.74, 6) is -2.02. The van der Waals surface area contributed by atoms with Gasteiger partial charge in [0.05, 0.1) is 4.88 Å². The Bertz CT molecular complexity index is 1010. The zero-order valence-electron chi connectivity index (χ0n) is 12.5. The van der Waals surface area contributed by atoms with Gasteiger partial charge >= 0.3 is 0 Å². The fourth-order valence-electron chi connectivity index (χ4n) is 2.06. The highest BCUT2D eigenvalue weighted by molar-refractivity contribution is 7.89. The summed E-state index contributed by atoms with van der Waals surface area (Å²) in [5, 5.41) is 3.53. The van der Waals surface area contributed by atoms with Crippen molar-refractivity contribution in [3.8, 4) is 0 Å². The van der Waals surface area contributed by atoms with Crippen LogP contribution in [-0.2, 0) is 16.6 Å². The van der Waals surface area contributed by atoms with Crippen molar-refractivity contribution in [3.05, 3.63) is 74.1 Å². The number of carbonyl (C=O) groups excluding carboxylic acids is 1. The average molecular weight is 399 g/mol. The molecule has 0 aliphatic rings. The number of rotatable bonds is 6. The molecule has 4 nitrogen and oxygen atoms in total. The fraction of sp³-hybridized carbons (Fsp3) is 0.0625. The average Bonchev–Trinajstić information content (AvgIpc) is 3.26. The second-order valence-electron chi connectivity index (χ2n) is 5.01. The van der Waals surface area contributed by atoms with Gasteiger partial charge in [0.15, 0.2) is 0 Å². The summed E-state index contributed by atoms with van der Waals surface area (Å²) in [7, 11) is -4.21. The molecule has 0 radical (unpaired) electrons. The second kappa shape index (κ2) is 7.12. The van der Waals surface area contributed by atoms with E-state index in [0.717, 1.165) is 23.5 Å². The summed E-state index contributed by atoms with van der Waals surface area (Å²) in [6.07, 6.45) is 0. The third-order valence-electron chi connectivity index (χ3n) is 3.29. The Balaban J connectivity index is 1.74. The molecule has 0 spiro atoms. The first-order valence-corrected chi connectivity index (χ1v) is 10.2. The number of sulfonamides is 1. The zero-order valence-corrected chi connectivity index (χ0v) is 15.0. The molecular weight excluding hydrogens is 388 g/mol. The number of nitrogens with one attached hydrogen (secondary N) is 1. The minimum atomic E-state index is -4.21. The van der Waals surface area contributed by atoms with Gasteiger partial charge in [-0.15, -0.1) is 11.3 Å². The monoisotopic (exact) mass is 399 g/mol. The summed E-state index contributed by atoms with van der Waals surface area (Å²) < 4.78 is 53.3. The highest BCUT2D eigenvalue weighted by atomic mass is 32.2. The largest absolute Gasteiger partial charge is 0.288 e. The molecular formula is C16H11F2NO3S3. The van der Waals surface area contributed by atoms with Crippen LogP contribution in [0.2, 0.25) is 0 Å². The summed E-state index contributed by atoms with van der Waals surface area (Å²) in [5.41, 5.74) is 0.570. The molecule has 0 atom stereocenters. The van der Waals surface area contributed by atoms with E-state index in [4.69, 9.17) is 0 Å². The maximum Gasteiger partial charge on any atom is 0.243 e. The van der Waals surface area contributed by atoms with Crippen molar-refractivity contribution in [2.45, 2.75) is 11.4 Å². The van der Waals surface area contributed by atoms with E-state index in [1.807, 2.05) is 0 Å². The molecule has 2 heterocycles. The van der Waals surface area contributed by atoms with Crippen LogP contribution in [0.4, 0.5) is 8.78 Å². The Kier molecular flexibility index (Phi) is 5.09. The van der Waals surface area contributed by atoms with E-state index in [1.165, 1.54) is 11.3 Å². The molecule has 0 aliphatic carbocycles. The van der Waals surface area contributed by atoms with Gasteiger partial charge in [-0.1, -0.05) is 0 Å². The number of benzene rings is 1. The first kappa shape index (κ1) is 17.9. The predicted molar refractivity (Wildman–Crippen MR) is 92.5 cm³/mol. The van der Waals surface area contributed by atoms with E-state index in [2.05, 4.69) is 4.72 Å². The van der Waals surface area contributed by atoms with Gasteiger partial charge in [-0.3, -0.25) is 4.79 Å². The Morgan fingerprint density at radius 1 is 1.12 bits per heavy atom. The van der Waals surface area contributed by atoms with Crippen LogP contribution >= 0.6 is 22.7 Å². The summed E-state index contributed by atoms with van der Waals surface area (Å²) in [6.45, 7) is -0.125. The van der Waals surface area contributed by atoms with Gasteiger partial charge in [0.2, 0.25) is 15.8 Å². The van der Waals surface area contributed by atoms with E-state index >= 15 is 0 Å². The summed E-state index contributed by atoms with van der Waals surface area (Å²) in [6, 6.07) is 7.16. The molecule has 0 saturated carbocycles. The Labute approximate surface area is 150 Å². The van der Waals surface area contributed by atoms with E-state index in [0.29, 0.717) is 21.4 Å². The molecule has 0 fully saturated rings. The molecule has 0 unspecified atom stereocenters. The molecule has 0 aliphatic heterocycles. The van der Waals surface area contributed by atoms with Crippen molar-refractivity contribution in [1.82, 2.24) is 4.72 Å². The Hall–Kier alpha value is -1.94. The van der Waals surface area contributed by atoms with Crippen molar-refractivity contribution in [3.63, 3.8) is 0 Å². The number of hydrogen-bond acceptors (Lipinski definition) is 5. The van der Waals surface area contributed by atoms with Crippen molar-refractivity contribution < 1.29 is 22.0 Å². The lowest BCUT2D eigenvalue weighted by molar-refractivity contribution is 0.104. The molecule has 0 saturated heterocycles. The number of ketones is 1. The molecule has 0 amide bonds. The van der Waals surface area contributed by atoms with Crippen LogP contribution in [0, 0.1) is 11.6 Å². The number of carbonyl (C=O) groups is 1. The Morgan fingerprint density at radius 2 is 1.92 bits per heavy atom. The molecule has 130 valence electrons. The van der Waals surface area contributed by atoms with Crippen LogP contribution in [0.25, 0.3) is 0 Å². The first-order valence-electron chi connectivity index (χ1n) is 6.97. The lowest BCUT2D eigenvalue weighted by atomic mass is 10.2.